The summed E-state index contributed by atoms with van der Waals surface area (Å²) < 4.78 is 6.24. The molecule has 2 saturated heterocycles. The Hall–Kier alpha value is -1.07. The van der Waals surface area contributed by atoms with Crippen molar-refractivity contribution in [3.63, 3.8) is 0 Å². The van der Waals surface area contributed by atoms with E-state index < -0.39 is 0 Å². The van der Waals surface area contributed by atoms with E-state index in [-0.39, 0.29) is 16.8 Å². The maximum absolute atomic E-state index is 11.3. The quantitative estimate of drug-likeness (QED) is 0.855. The van der Waals surface area contributed by atoms with E-state index in [0.29, 0.717) is 6.61 Å². The van der Waals surface area contributed by atoms with E-state index in [2.05, 4.69) is 4.98 Å². The molecule has 1 spiro atoms. The van der Waals surface area contributed by atoms with Crippen LogP contribution < -0.4 is 0 Å². The van der Waals surface area contributed by atoms with E-state index in [1.54, 1.807) is 6.92 Å². The molecule has 108 valence electrons. The molecule has 2 aliphatic rings. The number of ether oxygens (including phenoxy) is 1. The number of thioether (sulfide) groups is 1. The summed E-state index contributed by atoms with van der Waals surface area (Å²) in [5.74, 6) is 1.21. The highest BCUT2D eigenvalue weighted by Gasteiger charge is 2.50. The highest BCUT2D eigenvalue weighted by Crippen LogP contribution is 2.46. The van der Waals surface area contributed by atoms with E-state index in [9.17, 15) is 4.79 Å². The van der Waals surface area contributed by atoms with Gasteiger partial charge in [-0.15, -0.1) is 11.8 Å². The van der Waals surface area contributed by atoms with Gasteiger partial charge in [0.2, 0.25) is 5.91 Å². The summed E-state index contributed by atoms with van der Waals surface area (Å²) in [4.78, 5) is 17.6. The second-order valence-corrected chi connectivity index (χ2v) is 7.26. The Morgan fingerprint density at radius 3 is 3.05 bits per heavy atom. The zero-order valence-electron chi connectivity index (χ0n) is 12.0. The van der Waals surface area contributed by atoms with Gasteiger partial charge in [0.05, 0.1) is 23.2 Å². The summed E-state index contributed by atoms with van der Waals surface area (Å²) in [5.41, 5.74) is 2.02. The molecule has 0 radical (unpaired) electrons. The molecule has 0 aromatic carbocycles. The van der Waals surface area contributed by atoms with Crippen LogP contribution in [-0.4, -0.2) is 45.5 Å². The summed E-state index contributed by atoms with van der Waals surface area (Å²) in [6.07, 6.45) is 1.34. The Balaban J connectivity index is 1.48. The Morgan fingerprint density at radius 1 is 1.55 bits per heavy atom. The molecule has 5 heteroatoms. The SMILES string of the molecule is CC(=O)N1CC2(CC(OCc3cccc(C)n3)CS2)C1. The highest BCUT2D eigenvalue weighted by molar-refractivity contribution is 8.01. The van der Waals surface area contributed by atoms with Crippen molar-refractivity contribution >= 4 is 17.7 Å². The third-order valence-corrected chi connectivity index (χ3v) is 5.57. The van der Waals surface area contributed by atoms with Gasteiger partial charge in [0.1, 0.15) is 0 Å². The van der Waals surface area contributed by atoms with E-state index in [1.807, 2.05) is 41.8 Å². The van der Waals surface area contributed by atoms with Crippen LogP contribution in [0.5, 0.6) is 0 Å². The third kappa shape index (κ3) is 2.83. The lowest BCUT2D eigenvalue weighted by Gasteiger charge is -2.47. The standard InChI is InChI=1S/C15H20N2O2S/c1-11-4-3-5-13(16-11)7-19-14-6-15(20-8-14)9-17(10-15)12(2)18/h3-5,14H,6-10H2,1-2H3. The van der Waals surface area contributed by atoms with E-state index in [4.69, 9.17) is 4.74 Å². The molecule has 0 bridgehead atoms. The fourth-order valence-corrected chi connectivity index (χ4v) is 4.44. The number of rotatable bonds is 3. The van der Waals surface area contributed by atoms with E-state index >= 15 is 0 Å². The molecule has 0 N–H and O–H groups in total. The number of aryl methyl sites for hydroxylation is 1. The normalized spacial score (nSPS) is 23.9. The number of carbonyl (C=O) groups excluding carboxylic acids is 1. The average Bonchev–Trinajstić information content (AvgIpc) is 2.79. The largest absolute Gasteiger partial charge is 0.371 e. The number of aromatic nitrogens is 1. The zero-order valence-corrected chi connectivity index (χ0v) is 12.8. The minimum absolute atomic E-state index is 0.185. The minimum atomic E-state index is 0.185. The average molecular weight is 292 g/mol. The highest BCUT2D eigenvalue weighted by atomic mass is 32.2. The lowest BCUT2D eigenvalue weighted by atomic mass is 9.93. The van der Waals surface area contributed by atoms with Gasteiger partial charge in [0, 0.05) is 31.5 Å². The van der Waals surface area contributed by atoms with Crippen molar-refractivity contribution in [1.82, 2.24) is 9.88 Å². The monoisotopic (exact) mass is 292 g/mol. The van der Waals surface area contributed by atoms with Gasteiger partial charge in [-0.25, -0.2) is 0 Å². The molecule has 20 heavy (non-hydrogen) atoms. The molecule has 1 unspecified atom stereocenters. The molecule has 0 saturated carbocycles. The van der Waals surface area contributed by atoms with Crippen molar-refractivity contribution in [2.75, 3.05) is 18.8 Å². The summed E-state index contributed by atoms with van der Waals surface area (Å²) >= 11 is 1.96. The zero-order chi connectivity index (χ0) is 14.2. The first-order valence-corrected chi connectivity index (χ1v) is 7.98. The van der Waals surface area contributed by atoms with Crippen molar-refractivity contribution in [3.8, 4) is 0 Å². The third-order valence-electron chi connectivity index (χ3n) is 3.99. The van der Waals surface area contributed by atoms with Gasteiger partial charge < -0.3 is 9.64 Å². The van der Waals surface area contributed by atoms with Crippen LogP contribution in [0.3, 0.4) is 0 Å². The molecule has 2 fully saturated rings. The van der Waals surface area contributed by atoms with Crippen molar-refractivity contribution < 1.29 is 9.53 Å². The Bertz CT molecular complexity index is 514. The first kappa shape index (κ1) is 13.9. The van der Waals surface area contributed by atoms with Crippen LogP contribution in [0.15, 0.2) is 18.2 Å². The van der Waals surface area contributed by atoms with Crippen molar-refractivity contribution in [3.05, 3.63) is 29.6 Å². The molecule has 1 aromatic heterocycles. The van der Waals surface area contributed by atoms with Crippen LogP contribution in [-0.2, 0) is 16.1 Å². The number of hydrogen-bond acceptors (Lipinski definition) is 4. The van der Waals surface area contributed by atoms with Gasteiger partial charge >= 0.3 is 0 Å². The molecule has 1 amide bonds. The predicted molar refractivity (Wildman–Crippen MR) is 79.6 cm³/mol. The summed E-state index contributed by atoms with van der Waals surface area (Å²) in [6.45, 7) is 5.99. The van der Waals surface area contributed by atoms with Crippen LogP contribution in [0.25, 0.3) is 0 Å². The van der Waals surface area contributed by atoms with Gasteiger partial charge in [-0.3, -0.25) is 9.78 Å². The van der Waals surface area contributed by atoms with Crippen molar-refractivity contribution in [2.24, 2.45) is 0 Å². The summed E-state index contributed by atoms with van der Waals surface area (Å²) in [6, 6.07) is 6.02. The second kappa shape index (κ2) is 5.37. The summed E-state index contributed by atoms with van der Waals surface area (Å²) in [5, 5.41) is 0. The van der Waals surface area contributed by atoms with Crippen LogP contribution in [0, 0.1) is 6.92 Å². The smallest absolute Gasteiger partial charge is 0.219 e. The number of nitrogens with zero attached hydrogens (tertiary/aromatic N) is 2. The lowest BCUT2D eigenvalue weighted by Crippen LogP contribution is -2.60. The second-order valence-electron chi connectivity index (χ2n) is 5.78. The van der Waals surface area contributed by atoms with Gasteiger partial charge in [0.25, 0.3) is 0 Å². The number of hydrogen-bond donors (Lipinski definition) is 0. The fourth-order valence-electron chi connectivity index (χ4n) is 2.89. The van der Waals surface area contributed by atoms with Crippen LogP contribution in [0.1, 0.15) is 24.7 Å². The van der Waals surface area contributed by atoms with Gasteiger partial charge in [-0.05, 0) is 25.5 Å². The fraction of sp³-hybridized carbons (Fsp3) is 0.600. The van der Waals surface area contributed by atoms with Crippen LogP contribution in [0.2, 0.25) is 0 Å². The van der Waals surface area contributed by atoms with E-state index in [0.717, 1.165) is 36.7 Å². The Kier molecular flexibility index (Phi) is 3.73. The Labute approximate surface area is 123 Å². The number of pyridine rings is 1. The molecule has 3 rings (SSSR count). The number of likely N-dealkylation sites (tertiary alicyclic amines) is 1. The van der Waals surface area contributed by atoms with E-state index in [1.165, 1.54) is 0 Å². The maximum atomic E-state index is 11.3. The molecule has 0 aliphatic carbocycles. The molecule has 1 atom stereocenters. The Morgan fingerprint density at radius 2 is 2.35 bits per heavy atom. The van der Waals surface area contributed by atoms with Crippen LogP contribution >= 0.6 is 11.8 Å². The first-order chi connectivity index (χ1) is 9.56. The van der Waals surface area contributed by atoms with Gasteiger partial charge in [-0.1, -0.05) is 6.07 Å². The lowest BCUT2D eigenvalue weighted by molar-refractivity contribution is -0.134. The van der Waals surface area contributed by atoms with Gasteiger partial charge in [-0.2, -0.15) is 0 Å². The topological polar surface area (TPSA) is 42.4 Å². The number of amides is 1. The predicted octanol–water partition coefficient (Wildman–Crippen LogP) is 2.01. The minimum Gasteiger partial charge on any atom is -0.371 e. The molecule has 3 heterocycles. The van der Waals surface area contributed by atoms with Crippen LogP contribution in [0.4, 0.5) is 0 Å². The van der Waals surface area contributed by atoms with Crippen molar-refractivity contribution in [1.29, 1.82) is 0 Å². The molecular weight excluding hydrogens is 272 g/mol. The molecule has 1 aromatic rings. The summed E-state index contributed by atoms with van der Waals surface area (Å²) in [7, 11) is 0. The number of carbonyl (C=O) groups is 1. The van der Waals surface area contributed by atoms with Crippen molar-refractivity contribution in [2.45, 2.75) is 37.7 Å². The first-order valence-electron chi connectivity index (χ1n) is 7.00. The van der Waals surface area contributed by atoms with Gasteiger partial charge in [0.15, 0.2) is 0 Å². The maximum Gasteiger partial charge on any atom is 0.219 e. The molecule has 4 nitrogen and oxygen atoms in total. The molecule has 2 aliphatic heterocycles. The molecular formula is C15H20N2O2S.